The number of anilines is 1. The number of amides is 3. The van der Waals surface area contributed by atoms with Gasteiger partial charge < -0.3 is 15.1 Å². The van der Waals surface area contributed by atoms with Crippen molar-refractivity contribution >= 4 is 17.6 Å². The summed E-state index contributed by atoms with van der Waals surface area (Å²) in [6.45, 7) is 5.67. The normalized spacial score (nSPS) is 28.9. The predicted molar refractivity (Wildman–Crippen MR) is 109 cm³/mol. The third-order valence-corrected chi connectivity index (χ3v) is 6.73. The van der Waals surface area contributed by atoms with Crippen LogP contribution in [0.2, 0.25) is 0 Å². The largest absolute Gasteiger partial charge is 0.371 e. The Morgan fingerprint density at radius 1 is 1.14 bits per heavy atom. The van der Waals surface area contributed by atoms with E-state index in [0.29, 0.717) is 12.6 Å². The maximum atomic E-state index is 13.1. The monoisotopic (exact) mass is 385 g/mol. The summed E-state index contributed by atoms with van der Waals surface area (Å²) in [4.78, 5) is 30.7. The SMILES string of the molecule is CC1CCC2(CC1)NC(=O)N(C[NH+](C)Cc1ccccc1N1CCCC1)C2=O. The van der Waals surface area contributed by atoms with Crippen LogP contribution in [0.4, 0.5) is 10.5 Å². The van der Waals surface area contributed by atoms with E-state index in [1.54, 1.807) is 0 Å². The summed E-state index contributed by atoms with van der Waals surface area (Å²) in [7, 11) is 2.06. The molecule has 3 fully saturated rings. The first-order valence-electron chi connectivity index (χ1n) is 10.8. The Bertz CT molecular complexity index is 736. The summed E-state index contributed by atoms with van der Waals surface area (Å²) in [5, 5.41) is 3.03. The van der Waals surface area contributed by atoms with Gasteiger partial charge in [-0.05, 0) is 50.5 Å². The maximum absolute atomic E-state index is 13.1. The van der Waals surface area contributed by atoms with Crippen LogP contribution < -0.4 is 15.1 Å². The van der Waals surface area contributed by atoms with Crippen molar-refractivity contribution in [1.29, 1.82) is 0 Å². The molecule has 1 spiro atoms. The Hall–Kier alpha value is -2.08. The number of carbonyl (C=O) groups is 2. The van der Waals surface area contributed by atoms with Gasteiger partial charge in [0.15, 0.2) is 6.67 Å². The third kappa shape index (κ3) is 3.62. The quantitative estimate of drug-likeness (QED) is 0.760. The second-order valence-electron chi connectivity index (χ2n) is 9.04. The molecule has 3 amide bonds. The standard InChI is InChI=1S/C22H32N4O2/c1-17-9-11-22(12-10-17)20(27)26(21(28)23-22)16-24(2)15-18-7-3-4-8-19(18)25-13-5-6-14-25/h3-4,7-8,17H,5-6,9-16H2,1-2H3,(H,23,28)/p+1. The lowest BCUT2D eigenvalue weighted by Crippen LogP contribution is -3.09. The second kappa shape index (κ2) is 7.74. The van der Waals surface area contributed by atoms with Gasteiger partial charge in [0.1, 0.15) is 12.1 Å². The van der Waals surface area contributed by atoms with Crippen LogP contribution in [0.1, 0.15) is 51.0 Å². The smallest absolute Gasteiger partial charge is 0.329 e. The average Bonchev–Trinajstić information content (AvgIpc) is 3.29. The Kier molecular flexibility index (Phi) is 5.32. The van der Waals surface area contributed by atoms with Crippen LogP contribution in [0.5, 0.6) is 0 Å². The van der Waals surface area contributed by atoms with E-state index in [1.807, 2.05) is 0 Å². The van der Waals surface area contributed by atoms with Gasteiger partial charge in [-0.3, -0.25) is 4.79 Å². The van der Waals surface area contributed by atoms with Gasteiger partial charge in [-0.25, -0.2) is 9.69 Å². The molecule has 6 nitrogen and oxygen atoms in total. The number of benzene rings is 1. The van der Waals surface area contributed by atoms with Gasteiger partial charge in [0.2, 0.25) is 0 Å². The van der Waals surface area contributed by atoms with Gasteiger partial charge in [-0.15, -0.1) is 0 Å². The number of para-hydroxylation sites is 1. The molecule has 6 heteroatoms. The van der Waals surface area contributed by atoms with Crippen LogP contribution in [0.25, 0.3) is 0 Å². The fourth-order valence-electron chi connectivity index (χ4n) is 4.99. The zero-order chi connectivity index (χ0) is 19.7. The molecule has 28 heavy (non-hydrogen) atoms. The zero-order valence-electron chi connectivity index (χ0n) is 17.2. The molecule has 2 N–H and O–H groups in total. The summed E-state index contributed by atoms with van der Waals surface area (Å²) >= 11 is 0. The molecule has 1 aromatic rings. The van der Waals surface area contributed by atoms with Gasteiger partial charge >= 0.3 is 6.03 Å². The number of rotatable bonds is 5. The number of urea groups is 1. The van der Waals surface area contributed by atoms with Crippen LogP contribution >= 0.6 is 0 Å². The molecule has 152 valence electrons. The summed E-state index contributed by atoms with van der Waals surface area (Å²) < 4.78 is 0. The molecule has 0 bridgehead atoms. The number of nitrogens with zero attached hydrogens (tertiary/aromatic N) is 2. The lowest BCUT2D eigenvalue weighted by molar-refractivity contribution is -0.901. The number of imide groups is 1. The molecule has 0 radical (unpaired) electrons. The highest BCUT2D eigenvalue weighted by atomic mass is 16.2. The van der Waals surface area contributed by atoms with E-state index in [0.717, 1.165) is 50.2 Å². The molecular weight excluding hydrogens is 352 g/mol. The molecule has 1 aromatic carbocycles. The van der Waals surface area contributed by atoms with Crippen LogP contribution in [0, 0.1) is 5.92 Å². The zero-order valence-corrected chi connectivity index (χ0v) is 17.2. The number of hydrogen-bond donors (Lipinski definition) is 2. The maximum Gasteiger partial charge on any atom is 0.329 e. The van der Waals surface area contributed by atoms with E-state index in [-0.39, 0.29) is 11.9 Å². The van der Waals surface area contributed by atoms with Gasteiger partial charge in [0.25, 0.3) is 5.91 Å². The molecule has 1 atom stereocenters. The van der Waals surface area contributed by atoms with Crippen molar-refractivity contribution in [2.75, 3.05) is 31.7 Å². The van der Waals surface area contributed by atoms with Gasteiger partial charge in [-0.1, -0.05) is 25.1 Å². The molecule has 0 aromatic heterocycles. The van der Waals surface area contributed by atoms with Crippen LogP contribution in [0.15, 0.2) is 24.3 Å². The Balaban J connectivity index is 1.42. The van der Waals surface area contributed by atoms with Gasteiger partial charge in [-0.2, -0.15) is 0 Å². The topological polar surface area (TPSA) is 57.1 Å². The number of quaternary nitrogens is 1. The van der Waals surface area contributed by atoms with E-state index in [4.69, 9.17) is 0 Å². The van der Waals surface area contributed by atoms with Crippen molar-refractivity contribution in [3.63, 3.8) is 0 Å². The van der Waals surface area contributed by atoms with Crippen LogP contribution in [-0.4, -0.2) is 49.2 Å². The van der Waals surface area contributed by atoms with E-state index in [9.17, 15) is 9.59 Å². The molecule has 1 saturated carbocycles. The summed E-state index contributed by atoms with van der Waals surface area (Å²) in [6, 6.07) is 8.32. The first-order valence-corrected chi connectivity index (χ1v) is 10.8. The summed E-state index contributed by atoms with van der Waals surface area (Å²) in [6.07, 6.45) is 6.05. The van der Waals surface area contributed by atoms with Gasteiger partial charge in [0.05, 0.1) is 7.05 Å². The molecule has 1 unspecified atom stereocenters. The number of hydrogen-bond acceptors (Lipinski definition) is 3. The van der Waals surface area contributed by atoms with E-state index in [1.165, 1.54) is 29.0 Å². The average molecular weight is 386 g/mol. The van der Waals surface area contributed by atoms with Crippen molar-refractivity contribution in [3.05, 3.63) is 29.8 Å². The van der Waals surface area contributed by atoms with Crippen molar-refractivity contribution in [1.82, 2.24) is 10.2 Å². The lowest BCUT2D eigenvalue weighted by atomic mass is 9.77. The molecule has 2 saturated heterocycles. The highest BCUT2D eigenvalue weighted by molar-refractivity contribution is 6.06. The molecule has 3 aliphatic rings. The molecule has 2 aliphatic heterocycles. The first kappa shape index (κ1) is 19.2. The lowest BCUT2D eigenvalue weighted by Gasteiger charge is -2.33. The van der Waals surface area contributed by atoms with E-state index >= 15 is 0 Å². The highest BCUT2D eigenvalue weighted by Crippen LogP contribution is 2.36. The van der Waals surface area contributed by atoms with E-state index < -0.39 is 5.54 Å². The second-order valence-corrected chi connectivity index (χ2v) is 9.04. The number of nitrogens with one attached hydrogen (secondary N) is 2. The summed E-state index contributed by atoms with van der Waals surface area (Å²) in [5.74, 6) is 0.622. The third-order valence-electron chi connectivity index (χ3n) is 6.73. The van der Waals surface area contributed by atoms with Crippen LogP contribution in [0.3, 0.4) is 0 Å². The highest BCUT2D eigenvalue weighted by Gasteiger charge is 2.52. The molecule has 2 heterocycles. The van der Waals surface area contributed by atoms with E-state index in [2.05, 4.69) is 48.5 Å². The summed E-state index contributed by atoms with van der Waals surface area (Å²) in [5.41, 5.74) is 1.95. The fraction of sp³-hybridized carbons (Fsp3) is 0.636. The minimum atomic E-state index is -0.642. The minimum Gasteiger partial charge on any atom is -0.371 e. The Labute approximate surface area is 167 Å². The molecule has 1 aliphatic carbocycles. The van der Waals surface area contributed by atoms with Crippen molar-refractivity contribution < 1.29 is 14.5 Å². The van der Waals surface area contributed by atoms with Crippen molar-refractivity contribution in [3.8, 4) is 0 Å². The first-order chi connectivity index (χ1) is 13.5. The minimum absolute atomic E-state index is 0.0171. The number of carbonyl (C=O) groups excluding carboxylic acids is 2. The Morgan fingerprint density at radius 3 is 2.54 bits per heavy atom. The van der Waals surface area contributed by atoms with Gasteiger partial charge in [0, 0.05) is 24.3 Å². The van der Waals surface area contributed by atoms with Crippen molar-refractivity contribution in [2.45, 2.75) is 57.5 Å². The fourth-order valence-corrected chi connectivity index (χ4v) is 4.99. The van der Waals surface area contributed by atoms with Crippen LogP contribution in [-0.2, 0) is 11.3 Å². The predicted octanol–water partition coefficient (Wildman–Crippen LogP) is 1.76. The Morgan fingerprint density at radius 2 is 1.82 bits per heavy atom. The van der Waals surface area contributed by atoms with Crippen molar-refractivity contribution in [2.24, 2.45) is 5.92 Å². The molecular formula is C22H33N4O2+. The molecule has 4 rings (SSSR count).